The number of likely N-dealkylation sites (tertiary alicyclic amines) is 1. The summed E-state index contributed by atoms with van der Waals surface area (Å²) in [6, 6.07) is 6.23. The van der Waals surface area contributed by atoms with Crippen LogP contribution >= 0.6 is 24.0 Å². The number of aryl methyl sites for hydroxylation is 1. The van der Waals surface area contributed by atoms with Crippen molar-refractivity contribution < 1.29 is 14.3 Å². The van der Waals surface area contributed by atoms with E-state index < -0.39 is 0 Å². The number of nitrogens with one attached hydrogen (secondary N) is 2. The lowest BCUT2D eigenvalue weighted by molar-refractivity contribution is -0.132. The molecule has 2 saturated heterocycles. The van der Waals surface area contributed by atoms with E-state index in [0.29, 0.717) is 32.0 Å². The number of aliphatic imine (C=N–C) groups is 1. The Kier molecular flexibility index (Phi) is 12.3. The summed E-state index contributed by atoms with van der Waals surface area (Å²) in [5, 5.41) is 6.58. The molecular formula is C25H41IN4O3. The number of hydrogen-bond donors (Lipinski definition) is 2. The van der Waals surface area contributed by atoms with Gasteiger partial charge in [0.25, 0.3) is 0 Å². The van der Waals surface area contributed by atoms with E-state index in [-0.39, 0.29) is 36.0 Å². The second kappa shape index (κ2) is 14.7. The van der Waals surface area contributed by atoms with Crippen LogP contribution < -0.4 is 15.4 Å². The largest absolute Gasteiger partial charge is 0.491 e. The Morgan fingerprint density at radius 3 is 2.85 bits per heavy atom. The van der Waals surface area contributed by atoms with Crippen LogP contribution in [0.25, 0.3) is 0 Å². The number of hydrogen-bond acceptors (Lipinski definition) is 4. The predicted octanol–water partition coefficient (Wildman–Crippen LogP) is 3.87. The van der Waals surface area contributed by atoms with Gasteiger partial charge in [0.1, 0.15) is 12.4 Å². The molecule has 2 fully saturated rings. The van der Waals surface area contributed by atoms with Crippen LogP contribution in [-0.2, 0) is 16.1 Å². The van der Waals surface area contributed by atoms with Crippen LogP contribution in [0.15, 0.2) is 23.2 Å². The molecule has 2 N–H and O–H groups in total. The van der Waals surface area contributed by atoms with Crippen molar-refractivity contribution in [3.63, 3.8) is 0 Å². The number of rotatable bonds is 9. The lowest BCUT2D eigenvalue weighted by Gasteiger charge is -2.31. The van der Waals surface area contributed by atoms with E-state index in [0.717, 1.165) is 68.3 Å². The van der Waals surface area contributed by atoms with Crippen LogP contribution in [-0.4, -0.2) is 62.3 Å². The molecule has 3 rings (SSSR count). The van der Waals surface area contributed by atoms with Gasteiger partial charge in [-0.25, -0.2) is 4.99 Å². The maximum atomic E-state index is 12.5. The normalized spacial score (nSPS) is 20.8. The SMILES string of the molecule is CCNC(=NCc1ccc(C)cc1OCC1CCCO1)NCCC(=O)N1CCCC(C)C1.I. The van der Waals surface area contributed by atoms with Gasteiger partial charge in [0.2, 0.25) is 5.91 Å². The monoisotopic (exact) mass is 572 g/mol. The summed E-state index contributed by atoms with van der Waals surface area (Å²) in [4.78, 5) is 19.3. The van der Waals surface area contributed by atoms with Gasteiger partial charge in [-0.05, 0) is 57.1 Å². The van der Waals surface area contributed by atoms with Crippen molar-refractivity contribution in [2.75, 3.05) is 39.4 Å². The molecule has 0 bridgehead atoms. The highest BCUT2D eigenvalue weighted by molar-refractivity contribution is 14.0. The van der Waals surface area contributed by atoms with E-state index in [1.165, 1.54) is 6.42 Å². The van der Waals surface area contributed by atoms with Gasteiger partial charge in [-0.2, -0.15) is 0 Å². The fraction of sp³-hybridized carbons (Fsp3) is 0.680. The molecule has 1 amide bonds. The number of benzene rings is 1. The van der Waals surface area contributed by atoms with Crippen molar-refractivity contribution in [1.82, 2.24) is 15.5 Å². The minimum absolute atomic E-state index is 0. The zero-order valence-electron chi connectivity index (χ0n) is 20.4. The molecule has 2 atom stereocenters. The van der Waals surface area contributed by atoms with Crippen molar-refractivity contribution in [2.45, 2.75) is 65.5 Å². The predicted molar refractivity (Wildman–Crippen MR) is 143 cm³/mol. The fourth-order valence-electron chi connectivity index (χ4n) is 4.25. The highest BCUT2D eigenvalue weighted by atomic mass is 127. The minimum atomic E-state index is 0. The summed E-state index contributed by atoms with van der Waals surface area (Å²) in [7, 11) is 0. The van der Waals surface area contributed by atoms with Crippen LogP contribution in [0.4, 0.5) is 0 Å². The highest BCUT2D eigenvalue weighted by Gasteiger charge is 2.20. The summed E-state index contributed by atoms with van der Waals surface area (Å²) in [5.41, 5.74) is 2.21. The van der Waals surface area contributed by atoms with Crippen LogP contribution in [0, 0.1) is 12.8 Å². The summed E-state index contributed by atoms with van der Waals surface area (Å²) >= 11 is 0. The second-order valence-electron chi connectivity index (χ2n) is 9.02. The maximum absolute atomic E-state index is 12.5. The van der Waals surface area contributed by atoms with Crippen molar-refractivity contribution in [3.05, 3.63) is 29.3 Å². The lowest BCUT2D eigenvalue weighted by atomic mass is 10.00. The van der Waals surface area contributed by atoms with Crippen molar-refractivity contribution in [3.8, 4) is 5.75 Å². The third kappa shape index (κ3) is 9.31. The third-order valence-corrected chi connectivity index (χ3v) is 6.06. The minimum Gasteiger partial charge on any atom is -0.491 e. The summed E-state index contributed by atoms with van der Waals surface area (Å²) < 4.78 is 11.8. The Labute approximate surface area is 216 Å². The first-order valence-electron chi connectivity index (χ1n) is 12.2. The smallest absolute Gasteiger partial charge is 0.224 e. The van der Waals surface area contributed by atoms with Crippen molar-refractivity contribution in [2.24, 2.45) is 10.9 Å². The Balaban J connectivity index is 0.00000385. The van der Waals surface area contributed by atoms with Gasteiger partial charge in [0, 0.05) is 44.8 Å². The third-order valence-electron chi connectivity index (χ3n) is 6.06. The number of carbonyl (C=O) groups excluding carboxylic acids is 1. The van der Waals surface area contributed by atoms with Gasteiger partial charge in [-0.3, -0.25) is 4.79 Å². The summed E-state index contributed by atoms with van der Waals surface area (Å²) in [5.74, 6) is 2.42. The van der Waals surface area contributed by atoms with Gasteiger partial charge >= 0.3 is 0 Å². The number of amides is 1. The molecule has 2 aliphatic rings. The zero-order valence-corrected chi connectivity index (χ0v) is 22.7. The molecule has 0 spiro atoms. The molecule has 0 aromatic heterocycles. The molecule has 0 aliphatic carbocycles. The van der Waals surface area contributed by atoms with E-state index >= 15 is 0 Å². The van der Waals surface area contributed by atoms with E-state index in [4.69, 9.17) is 14.5 Å². The van der Waals surface area contributed by atoms with E-state index in [2.05, 4.69) is 42.7 Å². The Hall–Kier alpha value is -1.55. The average Bonchev–Trinajstić information content (AvgIpc) is 3.30. The van der Waals surface area contributed by atoms with Gasteiger partial charge in [-0.1, -0.05) is 19.1 Å². The average molecular weight is 573 g/mol. The summed E-state index contributed by atoms with van der Waals surface area (Å²) in [6.07, 6.45) is 5.16. The van der Waals surface area contributed by atoms with E-state index in [1.54, 1.807) is 0 Å². The number of nitrogens with zero attached hydrogens (tertiary/aromatic N) is 2. The zero-order chi connectivity index (χ0) is 22.8. The van der Waals surface area contributed by atoms with Gasteiger partial charge in [0.15, 0.2) is 5.96 Å². The van der Waals surface area contributed by atoms with E-state index in [9.17, 15) is 4.79 Å². The van der Waals surface area contributed by atoms with E-state index in [1.807, 2.05) is 11.8 Å². The molecule has 2 unspecified atom stereocenters. The molecule has 7 nitrogen and oxygen atoms in total. The first-order valence-corrected chi connectivity index (χ1v) is 12.2. The number of carbonyl (C=O) groups is 1. The standard InChI is InChI=1S/C25H40N4O3.HI/c1-4-26-25(27-12-11-24(30)29-13-5-7-20(3)17-29)28-16-21-10-9-19(2)15-23(21)32-18-22-8-6-14-31-22;/h9-10,15,20,22H,4-8,11-14,16-18H2,1-3H3,(H2,26,27,28);1H. The molecule has 0 radical (unpaired) electrons. The molecule has 0 saturated carbocycles. The first kappa shape index (κ1) is 27.7. The number of ether oxygens (including phenoxy) is 2. The fourth-order valence-corrected chi connectivity index (χ4v) is 4.25. The first-order chi connectivity index (χ1) is 15.5. The van der Waals surface area contributed by atoms with Crippen molar-refractivity contribution in [1.29, 1.82) is 0 Å². The quantitative estimate of drug-likeness (QED) is 0.267. The Morgan fingerprint density at radius 1 is 1.27 bits per heavy atom. The van der Waals surface area contributed by atoms with Crippen molar-refractivity contribution >= 4 is 35.8 Å². The second-order valence-corrected chi connectivity index (χ2v) is 9.02. The number of guanidine groups is 1. The maximum Gasteiger partial charge on any atom is 0.224 e. The molecular weight excluding hydrogens is 531 g/mol. The Bertz CT molecular complexity index is 768. The Morgan fingerprint density at radius 2 is 2.12 bits per heavy atom. The molecule has 1 aromatic carbocycles. The van der Waals surface area contributed by atoms with Crippen LogP contribution in [0.2, 0.25) is 0 Å². The molecule has 33 heavy (non-hydrogen) atoms. The highest BCUT2D eigenvalue weighted by Crippen LogP contribution is 2.23. The summed E-state index contributed by atoms with van der Waals surface area (Å²) in [6.45, 7) is 11.4. The van der Waals surface area contributed by atoms with Crippen LogP contribution in [0.1, 0.15) is 57.1 Å². The molecule has 186 valence electrons. The molecule has 2 heterocycles. The molecule has 2 aliphatic heterocycles. The van der Waals surface area contributed by atoms with Gasteiger partial charge in [0.05, 0.1) is 12.6 Å². The van der Waals surface area contributed by atoms with Crippen LogP contribution in [0.3, 0.4) is 0 Å². The van der Waals surface area contributed by atoms with Gasteiger partial charge < -0.3 is 25.0 Å². The lowest BCUT2D eigenvalue weighted by Crippen LogP contribution is -2.42. The molecule has 8 heteroatoms. The van der Waals surface area contributed by atoms with Gasteiger partial charge in [-0.15, -0.1) is 24.0 Å². The van der Waals surface area contributed by atoms with Crippen LogP contribution in [0.5, 0.6) is 5.75 Å². The number of piperidine rings is 1. The molecule has 1 aromatic rings. The number of halogens is 1. The topological polar surface area (TPSA) is 75.2 Å².